The maximum atomic E-state index is 9.43. The third kappa shape index (κ3) is 1.74. The molecule has 0 unspecified atom stereocenters. The van der Waals surface area contributed by atoms with E-state index in [1.165, 1.54) is 0 Å². The molecule has 0 atom stereocenters. The molecular formula is C12H12NO+. The molecule has 1 aromatic heterocycles. The van der Waals surface area contributed by atoms with E-state index in [1.54, 1.807) is 12.3 Å². The maximum absolute atomic E-state index is 9.43. The molecule has 0 saturated carbocycles. The highest BCUT2D eigenvalue weighted by Crippen LogP contribution is 2.20. The fraction of sp³-hybridized carbons (Fsp3) is 0.0833. The number of hydrogen-bond donors (Lipinski definition) is 1. The van der Waals surface area contributed by atoms with Gasteiger partial charge >= 0.3 is 0 Å². The molecule has 0 radical (unpaired) electrons. The summed E-state index contributed by atoms with van der Waals surface area (Å²) in [5.41, 5.74) is 2.13. The maximum Gasteiger partial charge on any atom is 0.210 e. The Morgan fingerprint density at radius 2 is 1.71 bits per heavy atom. The highest BCUT2D eigenvalue weighted by Gasteiger charge is 2.04. The number of aromatic nitrogens is 1. The number of aromatic hydroxyl groups is 1. The summed E-state index contributed by atoms with van der Waals surface area (Å²) in [6.45, 7) is 0. The predicted octanol–water partition coefficient (Wildman–Crippen LogP) is 1.88. The van der Waals surface area contributed by atoms with Crippen LogP contribution in [-0.2, 0) is 7.05 Å². The third-order valence-corrected chi connectivity index (χ3v) is 2.09. The molecule has 2 rings (SSSR count). The summed E-state index contributed by atoms with van der Waals surface area (Å²) < 4.78 is 1.84. The monoisotopic (exact) mass is 186 g/mol. The molecule has 2 aromatic rings. The molecule has 2 nitrogen and oxygen atoms in total. The average molecular weight is 186 g/mol. The van der Waals surface area contributed by atoms with Crippen LogP contribution < -0.4 is 4.57 Å². The van der Waals surface area contributed by atoms with Crippen LogP contribution >= 0.6 is 0 Å². The second kappa shape index (κ2) is 3.50. The fourth-order valence-corrected chi connectivity index (χ4v) is 1.49. The minimum Gasteiger partial charge on any atom is -0.503 e. The molecule has 1 heterocycles. The molecule has 0 saturated heterocycles. The lowest BCUT2D eigenvalue weighted by Gasteiger charge is -1.99. The van der Waals surface area contributed by atoms with E-state index < -0.39 is 0 Å². The van der Waals surface area contributed by atoms with Crippen molar-refractivity contribution in [3.8, 4) is 16.9 Å². The van der Waals surface area contributed by atoms with Gasteiger partial charge in [0.2, 0.25) is 6.20 Å². The highest BCUT2D eigenvalue weighted by atomic mass is 16.3. The van der Waals surface area contributed by atoms with Crippen LogP contribution in [0.5, 0.6) is 5.75 Å². The van der Waals surface area contributed by atoms with Gasteiger partial charge in [0.15, 0.2) is 11.9 Å². The van der Waals surface area contributed by atoms with Crippen molar-refractivity contribution in [1.29, 1.82) is 0 Å². The van der Waals surface area contributed by atoms with Gasteiger partial charge < -0.3 is 5.11 Å². The summed E-state index contributed by atoms with van der Waals surface area (Å²) >= 11 is 0. The van der Waals surface area contributed by atoms with Crippen LogP contribution in [0.1, 0.15) is 0 Å². The van der Waals surface area contributed by atoms with Crippen molar-refractivity contribution in [2.24, 2.45) is 7.05 Å². The van der Waals surface area contributed by atoms with Gasteiger partial charge in [0.25, 0.3) is 0 Å². The van der Waals surface area contributed by atoms with E-state index in [1.807, 2.05) is 48.1 Å². The Balaban J connectivity index is 2.52. The van der Waals surface area contributed by atoms with E-state index in [0.29, 0.717) is 0 Å². The number of nitrogens with zero attached hydrogens (tertiary/aromatic N) is 1. The lowest BCUT2D eigenvalue weighted by Crippen LogP contribution is -2.26. The molecule has 0 fully saturated rings. The summed E-state index contributed by atoms with van der Waals surface area (Å²) in [7, 11) is 1.90. The zero-order valence-corrected chi connectivity index (χ0v) is 8.01. The number of rotatable bonds is 1. The van der Waals surface area contributed by atoms with Crippen molar-refractivity contribution in [3.05, 3.63) is 48.8 Å². The normalized spacial score (nSPS) is 10.1. The smallest absolute Gasteiger partial charge is 0.210 e. The summed E-state index contributed by atoms with van der Waals surface area (Å²) in [5.74, 6) is 0.286. The largest absolute Gasteiger partial charge is 0.503 e. The Kier molecular flexibility index (Phi) is 2.19. The van der Waals surface area contributed by atoms with Gasteiger partial charge in [-0.05, 0) is 11.6 Å². The van der Waals surface area contributed by atoms with Crippen molar-refractivity contribution >= 4 is 0 Å². The summed E-state index contributed by atoms with van der Waals surface area (Å²) in [5, 5.41) is 9.43. The molecule has 70 valence electrons. The zero-order valence-electron chi connectivity index (χ0n) is 8.01. The topological polar surface area (TPSA) is 24.1 Å². The minimum absolute atomic E-state index is 0.286. The van der Waals surface area contributed by atoms with Crippen LogP contribution in [-0.4, -0.2) is 5.11 Å². The number of aryl methyl sites for hydroxylation is 1. The standard InChI is InChI=1S/C12H11NO/c1-13-8-11(7-12(14)9-13)10-5-3-2-4-6-10/h2-9H,1H3/p+1. The highest BCUT2D eigenvalue weighted by molar-refractivity contribution is 5.62. The Morgan fingerprint density at radius 3 is 2.36 bits per heavy atom. The molecule has 0 aliphatic heterocycles. The van der Waals surface area contributed by atoms with Crippen molar-refractivity contribution in [3.63, 3.8) is 0 Å². The Labute approximate surface area is 83.1 Å². The Bertz CT molecular complexity index is 417. The quantitative estimate of drug-likeness (QED) is 0.675. The second-order valence-electron chi connectivity index (χ2n) is 3.31. The van der Waals surface area contributed by atoms with Crippen LogP contribution in [0.3, 0.4) is 0 Å². The first kappa shape index (κ1) is 8.75. The van der Waals surface area contributed by atoms with Gasteiger partial charge in [-0.15, -0.1) is 0 Å². The molecule has 0 aliphatic rings. The Hall–Kier alpha value is -1.83. The molecule has 14 heavy (non-hydrogen) atoms. The van der Waals surface area contributed by atoms with Crippen molar-refractivity contribution in [2.45, 2.75) is 0 Å². The minimum atomic E-state index is 0.286. The average Bonchev–Trinajstić information content (AvgIpc) is 2.18. The fourth-order valence-electron chi connectivity index (χ4n) is 1.49. The molecule has 0 amide bonds. The summed E-state index contributed by atoms with van der Waals surface area (Å²) in [4.78, 5) is 0. The first-order chi connectivity index (χ1) is 6.75. The van der Waals surface area contributed by atoms with E-state index >= 15 is 0 Å². The van der Waals surface area contributed by atoms with Crippen LogP contribution in [0.15, 0.2) is 48.8 Å². The van der Waals surface area contributed by atoms with Gasteiger partial charge in [-0.2, -0.15) is 0 Å². The molecule has 0 spiro atoms. The Morgan fingerprint density at radius 1 is 1.00 bits per heavy atom. The first-order valence-electron chi connectivity index (χ1n) is 4.50. The van der Waals surface area contributed by atoms with Crippen LogP contribution in [0.25, 0.3) is 11.1 Å². The molecule has 0 bridgehead atoms. The van der Waals surface area contributed by atoms with E-state index in [0.717, 1.165) is 11.1 Å². The molecular weight excluding hydrogens is 174 g/mol. The van der Waals surface area contributed by atoms with Gasteiger partial charge in [-0.3, -0.25) is 0 Å². The van der Waals surface area contributed by atoms with Crippen LogP contribution in [0.2, 0.25) is 0 Å². The molecule has 1 N–H and O–H groups in total. The van der Waals surface area contributed by atoms with Crippen LogP contribution in [0.4, 0.5) is 0 Å². The molecule has 0 aliphatic carbocycles. The number of benzene rings is 1. The van der Waals surface area contributed by atoms with Gasteiger partial charge in [-0.1, -0.05) is 30.3 Å². The van der Waals surface area contributed by atoms with Gasteiger partial charge in [0, 0.05) is 5.56 Å². The van der Waals surface area contributed by atoms with E-state index in [-0.39, 0.29) is 5.75 Å². The van der Waals surface area contributed by atoms with E-state index in [2.05, 4.69) is 0 Å². The summed E-state index contributed by atoms with van der Waals surface area (Å²) in [6, 6.07) is 11.8. The molecule has 2 heteroatoms. The molecule has 1 aromatic carbocycles. The predicted molar refractivity (Wildman–Crippen MR) is 54.7 cm³/mol. The van der Waals surface area contributed by atoms with Crippen LogP contribution in [0, 0.1) is 0 Å². The SMILES string of the molecule is C[n+]1cc(O)cc(-c2ccccc2)c1. The van der Waals surface area contributed by atoms with Gasteiger partial charge in [-0.25, -0.2) is 4.57 Å². The lowest BCUT2D eigenvalue weighted by atomic mass is 10.1. The van der Waals surface area contributed by atoms with Gasteiger partial charge in [0.05, 0.1) is 0 Å². The third-order valence-electron chi connectivity index (χ3n) is 2.09. The number of pyridine rings is 1. The first-order valence-corrected chi connectivity index (χ1v) is 4.50. The van der Waals surface area contributed by atoms with E-state index in [9.17, 15) is 5.11 Å². The zero-order chi connectivity index (χ0) is 9.97. The van der Waals surface area contributed by atoms with Crippen molar-refractivity contribution in [1.82, 2.24) is 0 Å². The van der Waals surface area contributed by atoms with Crippen molar-refractivity contribution in [2.75, 3.05) is 0 Å². The number of hydrogen-bond acceptors (Lipinski definition) is 1. The van der Waals surface area contributed by atoms with Gasteiger partial charge in [0.1, 0.15) is 7.05 Å². The lowest BCUT2D eigenvalue weighted by molar-refractivity contribution is -0.671. The summed E-state index contributed by atoms with van der Waals surface area (Å²) in [6.07, 6.45) is 3.65. The van der Waals surface area contributed by atoms with Crippen molar-refractivity contribution < 1.29 is 9.67 Å². The second-order valence-corrected chi connectivity index (χ2v) is 3.31. The van der Waals surface area contributed by atoms with E-state index in [4.69, 9.17) is 0 Å².